The average molecular weight is 1210 g/mol. The molecule has 468 valence electrons. The number of aromatic nitrogens is 4. The van der Waals surface area contributed by atoms with Crippen molar-refractivity contribution in [3.05, 3.63) is 106 Å². The van der Waals surface area contributed by atoms with Gasteiger partial charge in [0.15, 0.2) is 35.8 Å². The molecule has 88 heavy (non-hydrogen) atoms. The third kappa shape index (κ3) is 18.3. The van der Waals surface area contributed by atoms with E-state index in [9.17, 15) is 49.8 Å². The fraction of sp³-hybridized carbons (Fsp3) is 0.531. The summed E-state index contributed by atoms with van der Waals surface area (Å²) in [6, 6.07) is 18.7. The van der Waals surface area contributed by atoms with Gasteiger partial charge < -0.3 is 38.5 Å². The van der Waals surface area contributed by atoms with E-state index in [2.05, 4.69) is 10.2 Å². The molecule has 0 saturated carbocycles. The Kier molecular flexibility index (Phi) is 24.7. The number of hydrogen-bond donors (Lipinski definition) is 0. The average Bonchev–Trinajstić information content (AvgIpc) is 4.24. The fourth-order valence-corrected chi connectivity index (χ4v) is 10.2. The van der Waals surface area contributed by atoms with Crippen LogP contribution in [0.5, 0.6) is 0 Å². The Morgan fingerprint density at radius 2 is 0.670 bits per heavy atom. The predicted molar refractivity (Wildman–Crippen MR) is 317 cm³/mol. The molecular weight excluding hydrogens is 1130 g/mol. The molecule has 8 atom stereocenters. The van der Waals surface area contributed by atoms with Crippen molar-refractivity contribution in [1.29, 1.82) is 21.0 Å². The highest BCUT2D eigenvalue weighted by Crippen LogP contribution is 2.25. The molecule has 24 heteroatoms. The number of nitrogens with zero attached hydrogens (tertiary/aromatic N) is 12. The van der Waals surface area contributed by atoms with Crippen molar-refractivity contribution in [2.45, 2.75) is 169 Å². The minimum Gasteiger partial charge on any atom is -0.451 e. The minimum atomic E-state index is -1.63. The van der Waals surface area contributed by atoms with Gasteiger partial charge in [-0.25, -0.2) is 28.5 Å². The van der Waals surface area contributed by atoms with Crippen LogP contribution < -0.4 is 0 Å². The first-order valence-corrected chi connectivity index (χ1v) is 29.3. The molecule has 5 rings (SSSR count). The number of cyclic esters (lactones) is 4. The Morgan fingerprint density at radius 3 is 0.932 bits per heavy atom. The molecule has 0 bridgehead atoms. The molecule has 3 heterocycles. The maximum Gasteiger partial charge on any atom is 0.329 e. The van der Waals surface area contributed by atoms with Crippen LogP contribution in [0.2, 0.25) is 0 Å². The van der Waals surface area contributed by atoms with E-state index in [0.29, 0.717) is 22.3 Å². The van der Waals surface area contributed by atoms with Gasteiger partial charge in [-0.05, 0) is 85.5 Å². The Bertz CT molecular complexity index is 3110. The van der Waals surface area contributed by atoms with Crippen LogP contribution in [0.15, 0.2) is 60.7 Å². The highest BCUT2D eigenvalue weighted by molar-refractivity contribution is 5.94. The van der Waals surface area contributed by atoms with Crippen LogP contribution >= 0.6 is 0 Å². The van der Waals surface area contributed by atoms with Gasteiger partial charge in [-0.3, -0.25) is 19.2 Å². The van der Waals surface area contributed by atoms with Gasteiger partial charge in [-0.2, -0.15) is 31.2 Å². The molecule has 24 nitrogen and oxygen atoms in total. The van der Waals surface area contributed by atoms with E-state index < -0.39 is 96.1 Å². The van der Waals surface area contributed by atoms with Gasteiger partial charge in [0, 0.05) is 53.2 Å². The number of ether oxygens (including phenoxy) is 4. The van der Waals surface area contributed by atoms with Crippen LogP contribution in [0.1, 0.15) is 140 Å². The van der Waals surface area contributed by atoms with E-state index in [1.165, 1.54) is 63.5 Å². The van der Waals surface area contributed by atoms with Crippen LogP contribution in [0.25, 0.3) is 0 Å². The molecule has 0 unspecified atom stereocenters. The largest absolute Gasteiger partial charge is 0.451 e. The molecule has 1 aliphatic heterocycles. The maximum atomic E-state index is 15.1. The standard InChI is InChI=1S/C64H80N12O12/c1-37(2)23-51-61(81)85-41(9)57(77)71(11)54(26-40(7)8)64(84)88-56(28-44-17-21-46(22-18-44)36-76-50(34-68)30-48(32-66)70-76)60(80)74(14)52(24-38(3)4)62(82)86-42(10)58(78)72(12)53(25-39(5)6)63(83)87-55(59(79)73(51)13)27-43-15-19-45(20-16-43)35-75-49(33-67)29-47(31-65)69-75/h15-22,29-30,37-42,51-56H,23-28,35-36H2,1-14H3/t41-,42-,51+,52+,53+,54+,55-,56-/m1/s1. The summed E-state index contributed by atoms with van der Waals surface area (Å²) in [5.74, 6) is -8.23. The summed E-state index contributed by atoms with van der Waals surface area (Å²) < 4.78 is 26.9. The van der Waals surface area contributed by atoms with Gasteiger partial charge in [-0.1, -0.05) is 104 Å². The van der Waals surface area contributed by atoms with Gasteiger partial charge in [0.2, 0.25) is 0 Å². The number of amides is 4. The zero-order chi connectivity index (χ0) is 65.4. The third-order valence-corrected chi connectivity index (χ3v) is 15.0. The van der Waals surface area contributed by atoms with E-state index in [-0.39, 0.29) is 98.1 Å². The molecule has 2 aromatic carbocycles. The zero-order valence-corrected chi connectivity index (χ0v) is 52.6. The summed E-state index contributed by atoms with van der Waals surface area (Å²) in [7, 11) is 5.36. The van der Waals surface area contributed by atoms with Crippen molar-refractivity contribution in [1.82, 2.24) is 39.2 Å². The van der Waals surface area contributed by atoms with Gasteiger partial charge >= 0.3 is 23.9 Å². The first-order valence-electron chi connectivity index (χ1n) is 29.3. The van der Waals surface area contributed by atoms with Crippen molar-refractivity contribution in [3.8, 4) is 24.3 Å². The number of carbonyl (C=O) groups excluding carboxylic acids is 8. The van der Waals surface area contributed by atoms with E-state index in [1.54, 1.807) is 48.5 Å². The highest BCUT2D eigenvalue weighted by Gasteiger charge is 2.43. The van der Waals surface area contributed by atoms with Crippen molar-refractivity contribution in [3.63, 3.8) is 0 Å². The molecule has 4 aromatic rings. The lowest BCUT2D eigenvalue weighted by Crippen LogP contribution is -2.55. The first kappa shape index (κ1) is 69.4. The number of nitriles is 4. The number of likely N-dealkylation sites (N-methyl/N-ethyl adjacent to an activating group) is 4. The summed E-state index contributed by atoms with van der Waals surface area (Å²) >= 11 is 0. The second-order valence-corrected chi connectivity index (χ2v) is 24.0. The SMILES string of the molecule is CC(C)C[C@H]1C(=O)O[C@H](Cc2ccc(Cn3nc(C#N)cc3C#N)cc2)C(=O)N(C)[C@@H](CC(C)C)C(=O)O[C@H](C)C(=O)N(C)[C@@H](CC(C)C)C(=O)O[C@H](Cc2ccc(Cn3nc(C#N)cc3C#N)cc2)C(=O)N(C)[C@@H](CC(C)C)C(=O)O[C@H](C)C(=O)N1C. The van der Waals surface area contributed by atoms with E-state index in [4.69, 9.17) is 18.9 Å². The van der Waals surface area contributed by atoms with Crippen LogP contribution in [-0.2, 0) is 83.2 Å². The van der Waals surface area contributed by atoms with E-state index in [1.807, 2.05) is 79.7 Å². The molecule has 0 N–H and O–H groups in total. The van der Waals surface area contributed by atoms with Gasteiger partial charge in [0.25, 0.3) is 23.6 Å². The van der Waals surface area contributed by atoms with Gasteiger partial charge in [0.05, 0.1) is 13.1 Å². The van der Waals surface area contributed by atoms with Crippen molar-refractivity contribution in [2.75, 3.05) is 28.2 Å². The molecule has 2 aromatic heterocycles. The second-order valence-electron chi connectivity index (χ2n) is 24.0. The Balaban J connectivity index is 1.59. The lowest BCUT2D eigenvalue weighted by molar-refractivity contribution is -0.176. The number of rotatable bonds is 16. The fourth-order valence-electron chi connectivity index (χ4n) is 10.2. The number of hydrogen-bond acceptors (Lipinski definition) is 18. The summed E-state index contributed by atoms with van der Waals surface area (Å²) in [6.07, 6.45) is -6.78. The predicted octanol–water partition coefficient (Wildman–Crippen LogP) is 5.64. The minimum absolute atomic E-state index is 0.0190. The molecule has 0 radical (unpaired) electrons. The summed E-state index contributed by atoms with van der Waals surface area (Å²) in [5.41, 5.74) is 2.79. The molecular formula is C64H80N12O12. The molecule has 1 fully saturated rings. The van der Waals surface area contributed by atoms with Crippen molar-refractivity contribution >= 4 is 47.5 Å². The quantitative estimate of drug-likeness (QED) is 0.0967. The number of carbonyl (C=O) groups is 8. The normalized spacial score (nSPS) is 21.8. The van der Waals surface area contributed by atoms with Gasteiger partial charge in [-0.15, -0.1) is 0 Å². The summed E-state index contributed by atoms with van der Waals surface area (Å²) in [6.45, 7) is 17.4. The number of esters is 4. The third-order valence-electron chi connectivity index (χ3n) is 15.0. The Labute approximate surface area is 514 Å². The zero-order valence-electron chi connectivity index (χ0n) is 52.6. The first-order chi connectivity index (χ1) is 41.5. The van der Waals surface area contributed by atoms with E-state index >= 15 is 9.59 Å². The van der Waals surface area contributed by atoms with Crippen LogP contribution in [-0.4, -0.2) is 163 Å². The van der Waals surface area contributed by atoms with Crippen LogP contribution in [0.3, 0.4) is 0 Å². The monoisotopic (exact) mass is 1210 g/mol. The van der Waals surface area contributed by atoms with Crippen molar-refractivity contribution in [2.24, 2.45) is 23.7 Å². The molecule has 1 saturated heterocycles. The molecule has 1 aliphatic rings. The Morgan fingerprint density at radius 1 is 0.409 bits per heavy atom. The Hall–Kier alpha value is -9.42. The van der Waals surface area contributed by atoms with Gasteiger partial charge in [0.1, 0.15) is 59.8 Å². The second kappa shape index (κ2) is 31.3. The van der Waals surface area contributed by atoms with Crippen LogP contribution in [0, 0.1) is 69.0 Å². The molecule has 0 aliphatic carbocycles. The summed E-state index contributed by atoms with van der Waals surface area (Å²) in [5, 5.41) is 46.4. The lowest BCUT2D eigenvalue weighted by Gasteiger charge is -2.35. The molecule has 4 amide bonds. The number of benzene rings is 2. The van der Waals surface area contributed by atoms with Crippen molar-refractivity contribution < 1.29 is 57.3 Å². The summed E-state index contributed by atoms with van der Waals surface area (Å²) in [4.78, 5) is 122. The smallest absolute Gasteiger partial charge is 0.329 e. The van der Waals surface area contributed by atoms with E-state index in [0.717, 1.165) is 19.6 Å². The molecule has 0 spiro atoms. The topological polar surface area (TPSA) is 317 Å². The van der Waals surface area contributed by atoms with Crippen LogP contribution in [0.4, 0.5) is 0 Å². The maximum absolute atomic E-state index is 15.1. The lowest BCUT2D eigenvalue weighted by atomic mass is 9.99. The highest BCUT2D eigenvalue weighted by atomic mass is 16.6.